The predicted molar refractivity (Wildman–Crippen MR) is 117 cm³/mol. The molecule has 2 aromatic carbocycles. The highest BCUT2D eigenvalue weighted by atomic mass is 35.5. The minimum atomic E-state index is -3.78. The molecule has 1 saturated heterocycles. The Bertz CT molecular complexity index is 1060. The maximum Gasteiger partial charge on any atom is 0.243 e. The molecule has 0 bridgehead atoms. The molecule has 160 valence electrons. The van der Waals surface area contributed by atoms with Crippen LogP contribution >= 0.6 is 11.6 Å². The zero-order valence-electron chi connectivity index (χ0n) is 16.9. The van der Waals surface area contributed by atoms with Crippen LogP contribution in [0, 0.1) is 0 Å². The molecule has 1 amide bonds. The fourth-order valence-electron chi connectivity index (χ4n) is 4.25. The quantitative estimate of drug-likeness (QED) is 0.698. The smallest absolute Gasteiger partial charge is 0.243 e. The first-order chi connectivity index (χ1) is 14.4. The zero-order valence-corrected chi connectivity index (χ0v) is 18.5. The fourth-order valence-corrected chi connectivity index (χ4v) is 6.20. The normalized spacial score (nSPS) is 20.2. The van der Waals surface area contributed by atoms with Gasteiger partial charge in [-0.15, -0.1) is 0 Å². The highest BCUT2D eigenvalue weighted by Crippen LogP contribution is 2.40. The number of ether oxygens (including phenoxy) is 1. The average Bonchev–Trinajstić information content (AvgIpc) is 2.99. The van der Waals surface area contributed by atoms with Crippen LogP contribution in [0.5, 0.6) is 5.75 Å². The number of fused-ring (bicyclic) bond motifs is 1. The molecule has 0 aromatic heterocycles. The molecule has 30 heavy (non-hydrogen) atoms. The summed E-state index contributed by atoms with van der Waals surface area (Å²) in [5.41, 5.74) is 1.44. The van der Waals surface area contributed by atoms with Gasteiger partial charge in [0.15, 0.2) is 0 Å². The molecule has 2 aromatic rings. The monoisotopic (exact) mass is 448 g/mol. The summed E-state index contributed by atoms with van der Waals surface area (Å²) in [6, 6.07) is 11.9. The average molecular weight is 449 g/mol. The van der Waals surface area contributed by atoms with Gasteiger partial charge in [0.1, 0.15) is 12.4 Å². The minimum absolute atomic E-state index is 0.0959. The summed E-state index contributed by atoms with van der Waals surface area (Å²) in [7, 11) is -3.78. The van der Waals surface area contributed by atoms with Crippen molar-refractivity contribution in [3.8, 4) is 5.75 Å². The largest absolute Gasteiger partial charge is 0.489 e. The lowest BCUT2D eigenvalue weighted by Crippen LogP contribution is -2.37. The number of carbonyl (C=O) groups excluding carboxylic acids is 1. The number of amides is 1. The van der Waals surface area contributed by atoms with E-state index in [4.69, 9.17) is 16.3 Å². The van der Waals surface area contributed by atoms with Gasteiger partial charge in [-0.25, -0.2) is 8.42 Å². The van der Waals surface area contributed by atoms with E-state index in [2.05, 4.69) is 0 Å². The Hall–Kier alpha value is -2.09. The van der Waals surface area contributed by atoms with Crippen molar-refractivity contribution in [3.05, 3.63) is 53.1 Å². The first-order valence-electron chi connectivity index (χ1n) is 10.2. The molecule has 0 aliphatic carbocycles. The maximum atomic E-state index is 13.7. The van der Waals surface area contributed by atoms with Crippen LogP contribution in [-0.4, -0.2) is 38.3 Å². The van der Waals surface area contributed by atoms with E-state index in [1.165, 1.54) is 13.0 Å². The Balaban J connectivity index is 1.74. The van der Waals surface area contributed by atoms with Crippen LogP contribution in [0.4, 0.5) is 5.69 Å². The van der Waals surface area contributed by atoms with Crippen LogP contribution < -0.4 is 9.64 Å². The van der Waals surface area contributed by atoms with Crippen molar-refractivity contribution in [2.45, 2.75) is 43.5 Å². The van der Waals surface area contributed by atoms with E-state index in [-0.39, 0.29) is 16.8 Å². The molecule has 1 fully saturated rings. The summed E-state index contributed by atoms with van der Waals surface area (Å²) in [5, 5.41) is 0.579. The molecule has 0 spiro atoms. The van der Waals surface area contributed by atoms with Crippen LogP contribution in [0.1, 0.15) is 44.2 Å². The number of halogens is 1. The van der Waals surface area contributed by atoms with Gasteiger partial charge in [-0.05, 0) is 36.6 Å². The molecule has 0 radical (unpaired) electrons. The summed E-state index contributed by atoms with van der Waals surface area (Å²) in [6.07, 6.45) is 3.46. The predicted octanol–water partition coefficient (Wildman–Crippen LogP) is 4.39. The van der Waals surface area contributed by atoms with Crippen molar-refractivity contribution >= 4 is 33.2 Å². The Morgan fingerprint density at radius 3 is 2.67 bits per heavy atom. The first kappa shape index (κ1) is 21.2. The molecule has 8 heteroatoms. The number of nitrogens with zero attached hydrogens (tertiary/aromatic N) is 2. The molecule has 4 rings (SSSR count). The second kappa shape index (κ2) is 8.57. The summed E-state index contributed by atoms with van der Waals surface area (Å²) in [4.78, 5) is 13.7. The standard InChI is InChI=1S/C22H25ClN2O4S/c1-16(26)24-13-14-29-22-15-17(10-11-21(22)24)30(27,28)25-12-6-2-3-9-20(25)18-7-4-5-8-19(18)23/h4-5,7-8,10-11,15,20H,2-3,6,9,12-14H2,1H3/t20-/m0/s1. The Morgan fingerprint density at radius 2 is 1.90 bits per heavy atom. The maximum absolute atomic E-state index is 13.7. The molecule has 0 N–H and O–H groups in total. The van der Waals surface area contributed by atoms with Crippen LogP contribution in [-0.2, 0) is 14.8 Å². The van der Waals surface area contributed by atoms with Crippen LogP contribution in [0.3, 0.4) is 0 Å². The summed E-state index contributed by atoms with van der Waals surface area (Å²) < 4.78 is 34.6. The van der Waals surface area contributed by atoms with Gasteiger partial charge in [-0.3, -0.25) is 4.79 Å². The van der Waals surface area contributed by atoms with Gasteiger partial charge in [0.05, 0.1) is 23.2 Å². The van der Waals surface area contributed by atoms with Gasteiger partial charge >= 0.3 is 0 Å². The second-order valence-corrected chi connectivity index (χ2v) is 9.95. The van der Waals surface area contributed by atoms with E-state index < -0.39 is 10.0 Å². The third kappa shape index (κ3) is 3.94. The van der Waals surface area contributed by atoms with Crippen LogP contribution in [0.15, 0.2) is 47.4 Å². The van der Waals surface area contributed by atoms with Crippen molar-refractivity contribution in [2.24, 2.45) is 0 Å². The molecule has 0 saturated carbocycles. The second-order valence-electron chi connectivity index (χ2n) is 7.65. The Morgan fingerprint density at radius 1 is 1.10 bits per heavy atom. The third-order valence-electron chi connectivity index (χ3n) is 5.75. The fraction of sp³-hybridized carbons (Fsp3) is 0.409. The van der Waals surface area contributed by atoms with Crippen molar-refractivity contribution in [1.29, 1.82) is 0 Å². The molecule has 2 aliphatic rings. The number of sulfonamides is 1. The third-order valence-corrected chi connectivity index (χ3v) is 8.00. The number of carbonyl (C=O) groups is 1. The lowest BCUT2D eigenvalue weighted by atomic mass is 10.0. The Labute approximate surface area is 182 Å². The first-order valence-corrected chi connectivity index (χ1v) is 12.0. The highest BCUT2D eigenvalue weighted by Gasteiger charge is 2.35. The van der Waals surface area contributed by atoms with E-state index >= 15 is 0 Å². The molecule has 0 unspecified atom stereocenters. The van der Waals surface area contributed by atoms with E-state index in [1.807, 2.05) is 18.2 Å². The molecule has 2 heterocycles. The minimum Gasteiger partial charge on any atom is -0.489 e. The van der Waals surface area contributed by atoms with Crippen molar-refractivity contribution in [3.63, 3.8) is 0 Å². The lowest BCUT2D eigenvalue weighted by Gasteiger charge is -2.32. The van der Waals surface area contributed by atoms with Gasteiger partial charge < -0.3 is 9.64 Å². The van der Waals surface area contributed by atoms with Crippen molar-refractivity contribution < 1.29 is 17.9 Å². The van der Waals surface area contributed by atoms with E-state index in [9.17, 15) is 13.2 Å². The van der Waals surface area contributed by atoms with Gasteiger partial charge in [0.25, 0.3) is 0 Å². The van der Waals surface area contributed by atoms with Crippen LogP contribution in [0.25, 0.3) is 0 Å². The molecular formula is C22H25ClN2O4S. The summed E-state index contributed by atoms with van der Waals surface area (Å²) in [6.45, 7) is 2.72. The zero-order chi connectivity index (χ0) is 21.3. The number of anilines is 1. The SMILES string of the molecule is CC(=O)N1CCOc2cc(S(=O)(=O)N3CCCCC[C@H]3c3ccccc3Cl)ccc21. The highest BCUT2D eigenvalue weighted by molar-refractivity contribution is 7.89. The Kier molecular flexibility index (Phi) is 6.04. The van der Waals surface area contributed by atoms with Gasteiger partial charge in [-0.1, -0.05) is 42.6 Å². The van der Waals surface area contributed by atoms with Crippen molar-refractivity contribution in [1.82, 2.24) is 4.31 Å². The topological polar surface area (TPSA) is 66.9 Å². The summed E-state index contributed by atoms with van der Waals surface area (Å²) in [5.74, 6) is 0.322. The molecule has 2 aliphatic heterocycles. The summed E-state index contributed by atoms with van der Waals surface area (Å²) >= 11 is 6.43. The molecule has 6 nitrogen and oxygen atoms in total. The van der Waals surface area contributed by atoms with E-state index in [0.717, 1.165) is 31.2 Å². The van der Waals surface area contributed by atoms with E-state index in [0.29, 0.717) is 36.2 Å². The lowest BCUT2D eigenvalue weighted by molar-refractivity contribution is -0.116. The van der Waals surface area contributed by atoms with Crippen LogP contribution in [0.2, 0.25) is 5.02 Å². The van der Waals surface area contributed by atoms with E-state index in [1.54, 1.807) is 27.4 Å². The number of benzene rings is 2. The van der Waals surface area contributed by atoms with Gasteiger partial charge in [-0.2, -0.15) is 4.31 Å². The number of hydrogen-bond donors (Lipinski definition) is 0. The molecule has 1 atom stereocenters. The number of rotatable bonds is 3. The van der Waals surface area contributed by atoms with Crippen molar-refractivity contribution in [2.75, 3.05) is 24.6 Å². The van der Waals surface area contributed by atoms with Gasteiger partial charge in [0, 0.05) is 24.6 Å². The molecular weight excluding hydrogens is 424 g/mol. The number of hydrogen-bond acceptors (Lipinski definition) is 4. The van der Waals surface area contributed by atoms with Gasteiger partial charge in [0.2, 0.25) is 15.9 Å².